The minimum absolute atomic E-state index is 0. The van der Waals surface area contributed by atoms with Crippen LogP contribution in [0.4, 0.5) is 11.6 Å². The van der Waals surface area contributed by atoms with Crippen molar-refractivity contribution in [2.45, 2.75) is 0 Å². The highest BCUT2D eigenvalue weighted by molar-refractivity contribution is 6.05. The smallest absolute Gasteiger partial charge is 0.255 e. The second-order valence-corrected chi connectivity index (χ2v) is 5.29. The average Bonchev–Trinajstić information content (AvgIpc) is 3.23. The van der Waals surface area contributed by atoms with Gasteiger partial charge in [-0.15, -0.1) is 12.4 Å². The zero-order chi connectivity index (χ0) is 16.5. The van der Waals surface area contributed by atoms with Crippen LogP contribution in [0.25, 0.3) is 11.3 Å². The van der Waals surface area contributed by atoms with Crippen molar-refractivity contribution >= 4 is 29.9 Å². The van der Waals surface area contributed by atoms with E-state index in [-0.39, 0.29) is 25.1 Å². The number of hydrogen-bond donors (Lipinski definition) is 3. The summed E-state index contributed by atoms with van der Waals surface area (Å²) in [5, 5.41) is 2.87. The number of anilines is 2. The molecule has 0 aliphatic carbocycles. The molecule has 0 atom stereocenters. The molecule has 1 amide bonds. The van der Waals surface area contributed by atoms with Crippen LogP contribution in [0.1, 0.15) is 10.4 Å². The molecule has 7 nitrogen and oxygen atoms in total. The van der Waals surface area contributed by atoms with E-state index in [0.717, 1.165) is 11.3 Å². The quantitative estimate of drug-likeness (QED) is 0.667. The molecule has 0 bridgehead atoms. The number of halogens is 1. The fourth-order valence-electron chi connectivity index (χ4n) is 2.49. The molecule has 2 heterocycles. The maximum absolute atomic E-state index is 12.4. The molecule has 2 aromatic carbocycles. The van der Waals surface area contributed by atoms with Crippen molar-refractivity contribution in [3.63, 3.8) is 0 Å². The molecule has 128 valence electrons. The van der Waals surface area contributed by atoms with Crippen molar-refractivity contribution in [3.05, 3.63) is 54.2 Å². The Morgan fingerprint density at radius 2 is 2.00 bits per heavy atom. The molecule has 0 saturated carbocycles. The number of imidazole rings is 1. The molecule has 4 rings (SSSR count). The van der Waals surface area contributed by atoms with Crippen molar-refractivity contribution in [3.8, 4) is 22.8 Å². The lowest BCUT2D eigenvalue weighted by Crippen LogP contribution is -2.11. The first-order valence-corrected chi connectivity index (χ1v) is 7.31. The molecular formula is C17H15ClN4O3. The summed E-state index contributed by atoms with van der Waals surface area (Å²) in [6.45, 7) is 0.176. The predicted octanol–water partition coefficient (Wildman–Crippen LogP) is 3.06. The fourth-order valence-corrected chi connectivity index (χ4v) is 2.49. The monoisotopic (exact) mass is 358 g/mol. The Kier molecular flexibility index (Phi) is 4.49. The maximum atomic E-state index is 12.4. The van der Waals surface area contributed by atoms with E-state index in [2.05, 4.69) is 15.3 Å². The first-order chi connectivity index (χ1) is 11.7. The van der Waals surface area contributed by atoms with Gasteiger partial charge in [-0.2, -0.15) is 0 Å². The second kappa shape index (κ2) is 6.74. The number of nitrogens with two attached hydrogens (primary N) is 1. The third kappa shape index (κ3) is 3.36. The Morgan fingerprint density at radius 1 is 1.16 bits per heavy atom. The summed E-state index contributed by atoms with van der Waals surface area (Å²) in [6, 6.07) is 12.5. The molecule has 4 N–H and O–H groups in total. The lowest BCUT2D eigenvalue weighted by Gasteiger charge is -2.07. The van der Waals surface area contributed by atoms with E-state index in [1.54, 1.807) is 24.4 Å². The average molecular weight is 359 g/mol. The SMILES string of the molecule is Cl.Nc1ncc(-c2cccc(NC(=O)c3ccc4c(c3)OCO4)c2)[nH]1. The molecule has 0 unspecified atom stereocenters. The number of benzene rings is 2. The van der Waals surface area contributed by atoms with Crippen LogP contribution in [0.15, 0.2) is 48.7 Å². The first-order valence-electron chi connectivity index (χ1n) is 7.31. The zero-order valence-electron chi connectivity index (χ0n) is 13.0. The topological polar surface area (TPSA) is 102 Å². The van der Waals surface area contributed by atoms with Gasteiger partial charge in [-0.1, -0.05) is 12.1 Å². The lowest BCUT2D eigenvalue weighted by molar-refractivity contribution is 0.102. The van der Waals surface area contributed by atoms with Crippen molar-refractivity contribution in [2.24, 2.45) is 0 Å². The minimum atomic E-state index is -0.227. The van der Waals surface area contributed by atoms with E-state index >= 15 is 0 Å². The molecule has 0 saturated heterocycles. The van der Waals surface area contributed by atoms with Gasteiger partial charge in [-0.3, -0.25) is 4.79 Å². The van der Waals surface area contributed by atoms with Crippen LogP contribution in [-0.2, 0) is 0 Å². The standard InChI is InChI=1S/C17H14N4O3.ClH/c18-17-19-8-13(21-17)10-2-1-3-12(6-10)20-16(22)11-4-5-14-15(7-11)24-9-23-14;/h1-8H,9H2,(H,20,22)(H3,18,19,21);1H. The summed E-state index contributed by atoms with van der Waals surface area (Å²) in [7, 11) is 0. The van der Waals surface area contributed by atoms with Gasteiger partial charge in [0.25, 0.3) is 5.91 Å². The Bertz CT molecular complexity index is 926. The maximum Gasteiger partial charge on any atom is 0.255 e. The Morgan fingerprint density at radius 3 is 2.80 bits per heavy atom. The molecule has 3 aromatic rings. The van der Waals surface area contributed by atoms with Crippen molar-refractivity contribution in [2.75, 3.05) is 17.8 Å². The Hall–Kier alpha value is -3.19. The number of nitrogen functional groups attached to an aromatic ring is 1. The van der Waals surface area contributed by atoms with Crippen LogP contribution < -0.4 is 20.5 Å². The molecule has 1 aromatic heterocycles. The van der Waals surface area contributed by atoms with Gasteiger partial charge < -0.3 is 25.5 Å². The summed E-state index contributed by atoms with van der Waals surface area (Å²) in [5.74, 6) is 1.34. The van der Waals surface area contributed by atoms with E-state index in [9.17, 15) is 4.79 Å². The van der Waals surface area contributed by atoms with Gasteiger partial charge in [0.15, 0.2) is 17.4 Å². The van der Waals surface area contributed by atoms with Gasteiger partial charge in [-0.05, 0) is 30.3 Å². The Balaban J connectivity index is 0.00000182. The summed E-state index contributed by atoms with van der Waals surface area (Å²) in [5.41, 5.74) is 8.42. The number of nitrogens with one attached hydrogen (secondary N) is 2. The number of aromatic amines is 1. The van der Waals surface area contributed by atoms with Gasteiger partial charge in [0.05, 0.1) is 11.9 Å². The van der Waals surface area contributed by atoms with Crippen molar-refractivity contribution in [1.82, 2.24) is 9.97 Å². The third-order valence-corrected chi connectivity index (χ3v) is 3.66. The molecule has 8 heteroatoms. The highest BCUT2D eigenvalue weighted by Crippen LogP contribution is 2.32. The summed E-state index contributed by atoms with van der Waals surface area (Å²) in [6.07, 6.45) is 1.65. The lowest BCUT2D eigenvalue weighted by atomic mass is 10.1. The second-order valence-electron chi connectivity index (χ2n) is 5.29. The molecular weight excluding hydrogens is 344 g/mol. The molecule has 1 aliphatic rings. The van der Waals surface area contributed by atoms with Gasteiger partial charge in [0, 0.05) is 16.8 Å². The van der Waals surface area contributed by atoms with Crippen molar-refractivity contribution in [1.29, 1.82) is 0 Å². The van der Waals surface area contributed by atoms with E-state index in [0.29, 0.717) is 28.7 Å². The van der Waals surface area contributed by atoms with Gasteiger partial charge in [0.2, 0.25) is 6.79 Å². The van der Waals surface area contributed by atoms with Gasteiger partial charge in [-0.25, -0.2) is 4.98 Å². The molecule has 1 aliphatic heterocycles. The summed E-state index contributed by atoms with van der Waals surface area (Å²) in [4.78, 5) is 19.3. The molecule has 0 fully saturated rings. The first kappa shape index (κ1) is 16.7. The number of ether oxygens (including phenoxy) is 2. The predicted molar refractivity (Wildman–Crippen MR) is 96.2 cm³/mol. The molecule has 0 radical (unpaired) electrons. The highest BCUT2D eigenvalue weighted by Gasteiger charge is 2.16. The number of fused-ring (bicyclic) bond motifs is 1. The molecule has 25 heavy (non-hydrogen) atoms. The largest absolute Gasteiger partial charge is 0.454 e. The number of aromatic nitrogens is 2. The number of rotatable bonds is 3. The number of H-pyrrole nitrogens is 1. The summed E-state index contributed by atoms with van der Waals surface area (Å²) >= 11 is 0. The van der Waals surface area contributed by atoms with E-state index in [1.807, 2.05) is 24.3 Å². The van der Waals surface area contributed by atoms with Crippen LogP contribution in [0.5, 0.6) is 11.5 Å². The number of nitrogens with zero attached hydrogens (tertiary/aromatic N) is 1. The van der Waals surface area contributed by atoms with E-state index in [4.69, 9.17) is 15.2 Å². The van der Waals surface area contributed by atoms with E-state index < -0.39 is 0 Å². The number of hydrogen-bond acceptors (Lipinski definition) is 5. The minimum Gasteiger partial charge on any atom is -0.454 e. The number of amides is 1. The normalized spacial score (nSPS) is 11.7. The molecule has 0 spiro atoms. The van der Waals surface area contributed by atoms with Gasteiger partial charge in [0.1, 0.15) is 0 Å². The third-order valence-electron chi connectivity index (χ3n) is 3.66. The zero-order valence-corrected chi connectivity index (χ0v) is 13.8. The van der Waals surface area contributed by atoms with E-state index in [1.165, 1.54) is 0 Å². The number of carbonyl (C=O) groups is 1. The van der Waals surface area contributed by atoms with Gasteiger partial charge >= 0.3 is 0 Å². The fraction of sp³-hybridized carbons (Fsp3) is 0.0588. The van der Waals surface area contributed by atoms with Crippen LogP contribution in [0.2, 0.25) is 0 Å². The highest BCUT2D eigenvalue weighted by atomic mass is 35.5. The van der Waals surface area contributed by atoms with Crippen LogP contribution in [0, 0.1) is 0 Å². The van der Waals surface area contributed by atoms with Crippen LogP contribution >= 0.6 is 12.4 Å². The number of carbonyl (C=O) groups excluding carboxylic acids is 1. The van der Waals surface area contributed by atoms with Crippen LogP contribution in [0.3, 0.4) is 0 Å². The van der Waals surface area contributed by atoms with Crippen LogP contribution in [-0.4, -0.2) is 22.7 Å². The summed E-state index contributed by atoms with van der Waals surface area (Å²) < 4.78 is 10.5. The Labute approximate surface area is 149 Å². The van der Waals surface area contributed by atoms with Crippen molar-refractivity contribution < 1.29 is 14.3 Å².